The Morgan fingerprint density at radius 1 is 0.536 bits per heavy atom. The maximum absolute atomic E-state index is 12.7. The van der Waals surface area contributed by atoms with E-state index in [2.05, 4.69) is 38.2 Å². The van der Waals surface area contributed by atoms with E-state index in [0.29, 0.717) is 23.9 Å². The van der Waals surface area contributed by atoms with Crippen molar-refractivity contribution >= 4 is 17.9 Å². The number of rotatable bonds is 42. The highest BCUT2D eigenvalue weighted by molar-refractivity contribution is 5.70. The molecule has 0 fully saturated rings. The number of quaternary nitrogens is 1. The Kier molecular flexibility index (Phi) is 38.0. The minimum Gasteiger partial charge on any atom is -0.545 e. The van der Waals surface area contributed by atoms with Crippen LogP contribution in [-0.4, -0.2) is 82.3 Å². The van der Waals surface area contributed by atoms with Crippen LogP contribution in [0.1, 0.15) is 200 Å². The molecule has 0 aromatic carbocycles. The van der Waals surface area contributed by atoms with E-state index in [0.717, 1.165) is 64.2 Å². The molecular formula is C47H87NO8. The summed E-state index contributed by atoms with van der Waals surface area (Å²) in [5.74, 6) is -2.30. The van der Waals surface area contributed by atoms with Gasteiger partial charge < -0.3 is 33.3 Å². The Hall–Kier alpha value is -2.23. The predicted octanol–water partition coefficient (Wildman–Crippen LogP) is 10.7. The van der Waals surface area contributed by atoms with Crippen LogP contribution in [-0.2, 0) is 33.3 Å². The van der Waals surface area contributed by atoms with Crippen LogP contribution < -0.4 is 5.11 Å². The molecule has 0 aliphatic carbocycles. The van der Waals surface area contributed by atoms with Gasteiger partial charge in [-0.1, -0.05) is 173 Å². The highest BCUT2D eigenvalue weighted by Crippen LogP contribution is 2.15. The van der Waals surface area contributed by atoms with Crippen molar-refractivity contribution in [2.45, 2.75) is 212 Å². The maximum Gasteiger partial charge on any atom is 0.306 e. The first-order valence-corrected chi connectivity index (χ1v) is 23.0. The third-order valence-corrected chi connectivity index (χ3v) is 9.93. The third kappa shape index (κ3) is 40.0. The fourth-order valence-electron chi connectivity index (χ4n) is 6.34. The quantitative estimate of drug-likeness (QED) is 0.0197. The summed E-state index contributed by atoms with van der Waals surface area (Å²) in [5, 5.41) is 11.7. The molecule has 9 nitrogen and oxygen atoms in total. The number of carboxylic acid groups (broad SMARTS) is 1. The van der Waals surface area contributed by atoms with Gasteiger partial charge in [-0.25, -0.2) is 0 Å². The lowest BCUT2D eigenvalue weighted by atomic mass is 10.0. The van der Waals surface area contributed by atoms with Crippen molar-refractivity contribution in [3.05, 3.63) is 24.3 Å². The van der Waals surface area contributed by atoms with Gasteiger partial charge in [-0.05, 0) is 38.5 Å². The highest BCUT2D eigenvalue weighted by Gasteiger charge is 2.21. The Labute approximate surface area is 344 Å². The number of nitrogens with zero attached hydrogens (tertiary/aromatic N) is 1. The minimum absolute atomic E-state index is 0.146. The van der Waals surface area contributed by atoms with Gasteiger partial charge in [-0.15, -0.1) is 0 Å². The zero-order valence-corrected chi connectivity index (χ0v) is 37.0. The SMILES string of the molecule is CCC/C=C\C/C=C\CCCCCCCC(=O)OC(COC(=O)CCCCCCCCCCCCCCCCCCCC)COC(OCC[N+](C)(C)C)C(=O)[O-]. The van der Waals surface area contributed by atoms with Gasteiger partial charge in [0.05, 0.1) is 40.3 Å². The number of carboxylic acids is 1. The minimum atomic E-state index is -1.62. The smallest absolute Gasteiger partial charge is 0.306 e. The Balaban J connectivity index is 4.38. The van der Waals surface area contributed by atoms with E-state index >= 15 is 0 Å². The highest BCUT2D eigenvalue weighted by atomic mass is 16.7. The van der Waals surface area contributed by atoms with Crippen LogP contribution in [0.3, 0.4) is 0 Å². The van der Waals surface area contributed by atoms with Gasteiger partial charge in [0, 0.05) is 12.8 Å². The van der Waals surface area contributed by atoms with Crippen LogP contribution in [0.15, 0.2) is 24.3 Å². The summed E-state index contributed by atoms with van der Waals surface area (Å²) in [6.45, 7) is 4.67. The summed E-state index contributed by atoms with van der Waals surface area (Å²) in [6.07, 6.45) is 39.2. The lowest BCUT2D eigenvalue weighted by Gasteiger charge is -2.26. The molecule has 0 N–H and O–H groups in total. The molecule has 0 aliphatic heterocycles. The number of carbonyl (C=O) groups is 3. The average Bonchev–Trinajstić information content (AvgIpc) is 3.15. The number of ether oxygens (including phenoxy) is 4. The van der Waals surface area contributed by atoms with Gasteiger partial charge in [-0.2, -0.15) is 0 Å². The number of esters is 2. The Morgan fingerprint density at radius 3 is 1.48 bits per heavy atom. The maximum atomic E-state index is 12.7. The van der Waals surface area contributed by atoms with E-state index in [9.17, 15) is 19.5 Å². The Bertz CT molecular complexity index is 976. The zero-order valence-electron chi connectivity index (χ0n) is 37.0. The lowest BCUT2D eigenvalue weighted by molar-refractivity contribution is -0.870. The summed E-state index contributed by atoms with van der Waals surface area (Å²) in [5.41, 5.74) is 0. The fourth-order valence-corrected chi connectivity index (χ4v) is 6.34. The average molecular weight is 794 g/mol. The van der Waals surface area contributed by atoms with E-state index in [1.54, 1.807) is 0 Å². The number of unbranched alkanes of at least 4 members (excludes halogenated alkanes) is 23. The second kappa shape index (κ2) is 39.6. The molecule has 0 saturated carbocycles. The molecule has 0 heterocycles. The van der Waals surface area contributed by atoms with Gasteiger partial charge >= 0.3 is 11.9 Å². The van der Waals surface area contributed by atoms with Gasteiger partial charge in [-0.3, -0.25) is 9.59 Å². The van der Waals surface area contributed by atoms with Gasteiger partial charge in [0.25, 0.3) is 0 Å². The van der Waals surface area contributed by atoms with Crippen molar-refractivity contribution < 1.29 is 42.9 Å². The molecule has 56 heavy (non-hydrogen) atoms. The van der Waals surface area contributed by atoms with E-state index in [-0.39, 0.29) is 32.2 Å². The standard InChI is InChI=1S/C47H87NO8/c1-6-8-10-12-14-16-18-20-21-22-23-24-26-27-29-31-33-35-37-44(49)54-41-43(42-55-47(46(51)52)53-40-39-48(3,4)5)56-45(50)38-36-34-32-30-28-25-19-17-15-13-11-9-7-2/h11,13,17,19,43,47H,6-10,12,14-16,18,20-42H2,1-5H3/b13-11-,19-17-. The van der Waals surface area contributed by atoms with Crippen LogP contribution >= 0.6 is 0 Å². The molecule has 0 aromatic rings. The molecule has 0 saturated heterocycles. The summed E-state index contributed by atoms with van der Waals surface area (Å²) in [4.78, 5) is 37.0. The summed E-state index contributed by atoms with van der Waals surface area (Å²) < 4.78 is 22.5. The van der Waals surface area contributed by atoms with Crippen molar-refractivity contribution in [1.82, 2.24) is 0 Å². The van der Waals surface area contributed by atoms with Crippen LogP contribution in [0.25, 0.3) is 0 Å². The molecule has 0 spiro atoms. The van der Waals surface area contributed by atoms with Crippen LogP contribution in [0, 0.1) is 0 Å². The predicted molar refractivity (Wildman–Crippen MR) is 228 cm³/mol. The van der Waals surface area contributed by atoms with E-state index in [1.165, 1.54) is 103 Å². The third-order valence-electron chi connectivity index (χ3n) is 9.93. The second-order valence-corrected chi connectivity index (χ2v) is 16.7. The van der Waals surface area contributed by atoms with Crippen molar-refractivity contribution in [3.63, 3.8) is 0 Å². The largest absolute Gasteiger partial charge is 0.545 e. The van der Waals surface area contributed by atoms with E-state index in [1.807, 2.05) is 21.1 Å². The van der Waals surface area contributed by atoms with Gasteiger partial charge in [0.1, 0.15) is 13.2 Å². The first-order valence-electron chi connectivity index (χ1n) is 23.0. The molecule has 9 heteroatoms. The molecular weight excluding hydrogens is 707 g/mol. The summed E-state index contributed by atoms with van der Waals surface area (Å²) in [6, 6.07) is 0. The van der Waals surface area contributed by atoms with Gasteiger partial charge in [0.15, 0.2) is 12.4 Å². The molecule has 0 bridgehead atoms. The normalized spacial score (nSPS) is 13.1. The summed E-state index contributed by atoms with van der Waals surface area (Å²) in [7, 11) is 5.90. The van der Waals surface area contributed by atoms with Gasteiger partial charge in [0.2, 0.25) is 0 Å². The zero-order chi connectivity index (χ0) is 41.4. The monoisotopic (exact) mass is 794 g/mol. The number of hydrogen-bond donors (Lipinski definition) is 0. The molecule has 328 valence electrons. The van der Waals surface area contributed by atoms with Crippen LogP contribution in [0.5, 0.6) is 0 Å². The van der Waals surface area contributed by atoms with Crippen molar-refractivity contribution in [1.29, 1.82) is 0 Å². The molecule has 0 amide bonds. The molecule has 0 aliphatic rings. The molecule has 2 atom stereocenters. The Morgan fingerprint density at radius 2 is 1.00 bits per heavy atom. The first-order chi connectivity index (χ1) is 27.1. The molecule has 0 radical (unpaired) electrons. The van der Waals surface area contributed by atoms with Crippen molar-refractivity contribution in [2.24, 2.45) is 0 Å². The van der Waals surface area contributed by atoms with Crippen molar-refractivity contribution in [2.75, 3.05) is 47.5 Å². The second-order valence-electron chi connectivity index (χ2n) is 16.7. The fraction of sp³-hybridized carbons (Fsp3) is 0.851. The van der Waals surface area contributed by atoms with Crippen LogP contribution in [0.4, 0.5) is 0 Å². The topological polar surface area (TPSA) is 111 Å². The molecule has 0 rings (SSSR count). The molecule has 2 unspecified atom stereocenters. The lowest BCUT2D eigenvalue weighted by Crippen LogP contribution is -2.44. The first kappa shape index (κ1) is 53.8. The number of likely N-dealkylation sites (N-methyl/N-ethyl adjacent to an activating group) is 1. The molecule has 0 aromatic heterocycles. The van der Waals surface area contributed by atoms with E-state index < -0.39 is 24.3 Å². The van der Waals surface area contributed by atoms with E-state index in [4.69, 9.17) is 18.9 Å². The number of carbonyl (C=O) groups excluding carboxylic acids is 3. The number of aliphatic carboxylic acids is 1. The van der Waals surface area contributed by atoms with Crippen molar-refractivity contribution in [3.8, 4) is 0 Å². The van der Waals surface area contributed by atoms with Crippen LogP contribution in [0.2, 0.25) is 0 Å². The number of hydrogen-bond acceptors (Lipinski definition) is 8. The summed E-state index contributed by atoms with van der Waals surface area (Å²) >= 11 is 0. The number of allylic oxidation sites excluding steroid dienone is 4.